The van der Waals surface area contributed by atoms with E-state index in [9.17, 15) is 9.59 Å². The lowest BCUT2D eigenvalue weighted by Gasteiger charge is -2.22. The maximum atomic E-state index is 12.5. The Hall–Kier alpha value is -3.33. The number of benzene rings is 2. The minimum atomic E-state index is -0.819. The molecule has 6 nitrogen and oxygen atoms in total. The molecule has 0 spiro atoms. The van der Waals surface area contributed by atoms with Gasteiger partial charge in [0.25, 0.3) is 5.91 Å². The van der Waals surface area contributed by atoms with E-state index in [1.165, 1.54) is 4.90 Å². The zero-order valence-corrected chi connectivity index (χ0v) is 15.7. The summed E-state index contributed by atoms with van der Waals surface area (Å²) in [5.74, 6) is -0.284. The quantitative estimate of drug-likeness (QED) is 0.818. The Bertz CT molecular complexity index is 858. The van der Waals surface area contributed by atoms with E-state index in [2.05, 4.69) is 5.32 Å². The smallest absolute Gasteiger partial charge is 0.263 e. The van der Waals surface area contributed by atoms with Crippen LogP contribution in [0.2, 0.25) is 0 Å². The first-order valence-corrected chi connectivity index (χ1v) is 8.74. The molecule has 1 atom stereocenters. The summed E-state index contributed by atoms with van der Waals surface area (Å²) in [7, 11) is 1.55. The molecule has 0 fully saturated rings. The number of carbonyl (C=O) groups excluding carboxylic acids is 2. The Morgan fingerprint density at radius 3 is 2.56 bits per heavy atom. The van der Waals surface area contributed by atoms with Gasteiger partial charge in [0.05, 0.1) is 12.1 Å². The molecule has 0 aliphatic carbocycles. The molecule has 0 saturated heterocycles. The van der Waals surface area contributed by atoms with Crippen LogP contribution in [0.3, 0.4) is 0 Å². The van der Waals surface area contributed by atoms with Gasteiger partial charge in [0, 0.05) is 12.7 Å². The van der Waals surface area contributed by atoms with E-state index in [-0.39, 0.29) is 18.4 Å². The maximum absolute atomic E-state index is 12.5. The van der Waals surface area contributed by atoms with E-state index in [1.807, 2.05) is 37.3 Å². The molecule has 2 aromatic carbocycles. The molecule has 0 unspecified atom stereocenters. The average Bonchev–Trinajstić information content (AvgIpc) is 2.68. The average molecular weight is 365 g/mol. The third-order valence-electron chi connectivity index (χ3n) is 4.09. The SMILES string of the molecule is CCc1ccccc1NC(=O)CN(C)C(=O)[C@@H](C)Oc1ccccc1C#N. The summed E-state index contributed by atoms with van der Waals surface area (Å²) in [6, 6.07) is 16.3. The van der Waals surface area contributed by atoms with Crippen LogP contribution in [0.25, 0.3) is 0 Å². The fraction of sp³-hybridized carbons (Fsp3) is 0.286. The number of para-hydroxylation sites is 2. The summed E-state index contributed by atoms with van der Waals surface area (Å²) in [6.07, 6.45) is -0.0192. The summed E-state index contributed by atoms with van der Waals surface area (Å²) in [6.45, 7) is 3.51. The highest BCUT2D eigenvalue weighted by molar-refractivity contribution is 5.95. The third kappa shape index (κ3) is 5.32. The lowest BCUT2D eigenvalue weighted by Crippen LogP contribution is -2.42. The van der Waals surface area contributed by atoms with Crippen molar-refractivity contribution in [2.45, 2.75) is 26.4 Å². The number of hydrogen-bond acceptors (Lipinski definition) is 4. The molecular weight excluding hydrogens is 342 g/mol. The van der Waals surface area contributed by atoms with Gasteiger partial charge in [-0.15, -0.1) is 0 Å². The molecule has 0 aliphatic heterocycles. The summed E-state index contributed by atoms with van der Waals surface area (Å²) < 4.78 is 5.61. The molecule has 1 N–H and O–H groups in total. The number of ether oxygens (including phenoxy) is 1. The van der Waals surface area contributed by atoms with E-state index in [0.717, 1.165) is 17.7 Å². The van der Waals surface area contributed by atoms with Crippen LogP contribution in [0, 0.1) is 11.3 Å². The van der Waals surface area contributed by atoms with Crippen LogP contribution in [0.15, 0.2) is 48.5 Å². The minimum Gasteiger partial charge on any atom is -0.480 e. The summed E-state index contributed by atoms with van der Waals surface area (Å²) in [5, 5.41) is 11.9. The van der Waals surface area contributed by atoms with Crippen LogP contribution in [0.5, 0.6) is 5.75 Å². The minimum absolute atomic E-state index is 0.0928. The fourth-order valence-corrected chi connectivity index (χ4v) is 2.65. The van der Waals surface area contributed by atoms with Gasteiger partial charge in [-0.3, -0.25) is 9.59 Å². The van der Waals surface area contributed by atoms with Crippen molar-refractivity contribution < 1.29 is 14.3 Å². The molecule has 6 heteroatoms. The van der Waals surface area contributed by atoms with E-state index in [1.54, 1.807) is 38.2 Å². The highest BCUT2D eigenvalue weighted by Gasteiger charge is 2.22. The van der Waals surface area contributed by atoms with Crippen molar-refractivity contribution in [2.24, 2.45) is 0 Å². The normalized spacial score (nSPS) is 11.2. The Labute approximate surface area is 159 Å². The van der Waals surface area contributed by atoms with Crippen LogP contribution < -0.4 is 10.1 Å². The molecule has 140 valence electrons. The molecule has 0 aromatic heterocycles. The molecule has 0 bridgehead atoms. The van der Waals surface area contributed by atoms with Gasteiger partial charge in [-0.05, 0) is 37.1 Å². The van der Waals surface area contributed by atoms with Gasteiger partial charge in [-0.1, -0.05) is 37.3 Å². The second-order valence-corrected chi connectivity index (χ2v) is 6.12. The van der Waals surface area contributed by atoms with Crippen molar-refractivity contribution in [1.82, 2.24) is 4.90 Å². The number of anilines is 1. The summed E-state index contributed by atoms with van der Waals surface area (Å²) >= 11 is 0. The van der Waals surface area contributed by atoms with Crippen molar-refractivity contribution in [1.29, 1.82) is 5.26 Å². The Morgan fingerprint density at radius 2 is 1.85 bits per heavy atom. The lowest BCUT2D eigenvalue weighted by atomic mass is 10.1. The monoisotopic (exact) mass is 365 g/mol. The third-order valence-corrected chi connectivity index (χ3v) is 4.09. The molecule has 27 heavy (non-hydrogen) atoms. The first-order chi connectivity index (χ1) is 13.0. The van der Waals surface area contributed by atoms with Crippen molar-refractivity contribution >= 4 is 17.5 Å². The van der Waals surface area contributed by atoms with Crippen LogP contribution in [0.4, 0.5) is 5.69 Å². The van der Waals surface area contributed by atoms with Gasteiger partial charge >= 0.3 is 0 Å². The van der Waals surface area contributed by atoms with Crippen molar-refractivity contribution in [3.63, 3.8) is 0 Å². The molecule has 0 saturated carbocycles. The topological polar surface area (TPSA) is 82.4 Å². The predicted octanol–water partition coefficient (Wildman–Crippen LogP) is 2.99. The first kappa shape index (κ1) is 20.0. The van der Waals surface area contributed by atoms with Crippen LogP contribution in [-0.2, 0) is 16.0 Å². The molecular formula is C21H23N3O3. The van der Waals surface area contributed by atoms with E-state index in [0.29, 0.717) is 11.3 Å². The van der Waals surface area contributed by atoms with Crippen LogP contribution in [-0.4, -0.2) is 36.4 Å². The van der Waals surface area contributed by atoms with Gasteiger partial charge in [-0.2, -0.15) is 5.26 Å². The largest absolute Gasteiger partial charge is 0.480 e. The molecule has 2 aromatic rings. The van der Waals surface area contributed by atoms with Crippen LogP contribution >= 0.6 is 0 Å². The predicted molar refractivity (Wildman–Crippen MR) is 103 cm³/mol. The van der Waals surface area contributed by atoms with Gasteiger partial charge in [-0.25, -0.2) is 0 Å². The van der Waals surface area contributed by atoms with Crippen LogP contribution in [0.1, 0.15) is 25.0 Å². The van der Waals surface area contributed by atoms with E-state index in [4.69, 9.17) is 10.00 Å². The Kier molecular flexibility index (Phi) is 6.95. The highest BCUT2D eigenvalue weighted by Crippen LogP contribution is 2.19. The van der Waals surface area contributed by atoms with Crippen molar-refractivity contribution in [3.8, 4) is 11.8 Å². The highest BCUT2D eigenvalue weighted by atomic mass is 16.5. The van der Waals surface area contributed by atoms with Gasteiger partial charge in [0.2, 0.25) is 5.91 Å². The number of rotatable bonds is 7. The van der Waals surface area contributed by atoms with Gasteiger partial charge in [0.15, 0.2) is 6.10 Å². The standard InChI is InChI=1S/C21H23N3O3/c1-4-16-9-5-7-11-18(16)23-20(25)14-24(3)21(26)15(2)27-19-12-8-6-10-17(19)13-22/h5-12,15H,4,14H2,1-3H3,(H,23,25)/t15-/m1/s1. The zero-order chi connectivity index (χ0) is 19.8. The molecule has 0 heterocycles. The number of nitriles is 1. The van der Waals surface area contributed by atoms with E-state index < -0.39 is 6.10 Å². The lowest BCUT2D eigenvalue weighted by molar-refractivity contribution is -0.139. The molecule has 2 amide bonds. The van der Waals surface area contributed by atoms with E-state index >= 15 is 0 Å². The molecule has 0 radical (unpaired) electrons. The number of nitrogens with one attached hydrogen (secondary N) is 1. The van der Waals surface area contributed by atoms with Gasteiger partial charge < -0.3 is 15.0 Å². The number of carbonyl (C=O) groups is 2. The summed E-state index contributed by atoms with van der Waals surface area (Å²) in [4.78, 5) is 26.1. The second kappa shape index (κ2) is 9.39. The zero-order valence-electron chi connectivity index (χ0n) is 15.7. The summed E-state index contributed by atoms with van der Waals surface area (Å²) in [5.41, 5.74) is 2.14. The van der Waals surface area contributed by atoms with Crippen molar-refractivity contribution in [2.75, 3.05) is 18.9 Å². The maximum Gasteiger partial charge on any atom is 0.263 e. The number of nitrogens with zero attached hydrogens (tertiary/aromatic N) is 2. The molecule has 2 rings (SSSR count). The number of hydrogen-bond donors (Lipinski definition) is 1. The number of likely N-dealkylation sites (N-methyl/N-ethyl adjacent to an activating group) is 1. The number of amides is 2. The first-order valence-electron chi connectivity index (χ1n) is 8.74. The second-order valence-electron chi connectivity index (χ2n) is 6.12. The molecule has 0 aliphatic rings. The van der Waals surface area contributed by atoms with Gasteiger partial charge in [0.1, 0.15) is 11.8 Å². The Balaban J connectivity index is 1.96. The Morgan fingerprint density at radius 1 is 1.19 bits per heavy atom. The fourth-order valence-electron chi connectivity index (χ4n) is 2.65. The van der Waals surface area contributed by atoms with Crippen molar-refractivity contribution in [3.05, 3.63) is 59.7 Å². The number of aryl methyl sites for hydroxylation is 1.